The standard InChI is InChI=1S/C55H35NSi/c1-2-16-36(17-3-1)37-30-32-40-39-18-4-8-22-45(39)55(48(40)34-37)46-23-9-11-25-49(46)56(50-26-12-10-24-47(50)55)38-31-33-44-43-21-7-15-29-53(43)57(54(44)35-38)51-27-13-5-19-41(51)42-20-6-14-28-52(42)57/h1-35H. The molecule has 2 spiro atoms. The van der Waals surface area contributed by atoms with Crippen molar-refractivity contribution in [3.63, 3.8) is 0 Å². The maximum Gasteiger partial charge on any atom is 0.182 e. The number of hydrogen-bond donors (Lipinski definition) is 0. The number of para-hydroxylation sites is 2. The molecule has 264 valence electrons. The van der Waals surface area contributed by atoms with Crippen LogP contribution in [0.15, 0.2) is 212 Å². The lowest BCUT2D eigenvalue weighted by Gasteiger charge is -2.45. The van der Waals surface area contributed by atoms with Crippen LogP contribution in [0, 0.1) is 0 Å². The van der Waals surface area contributed by atoms with Crippen LogP contribution in [-0.4, -0.2) is 8.07 Å². The summed E-state index contributed by atoms with van der Waals surface area (Å²) in [5, 5.41) is 5.99. The molecule has 9 aromatic rings. The Labute approximate surface area is 333 Å². The SMILES string of the molecule is c1ccc(-c2ccc3c(c2)C2(c4ccccc4-3)c3ccccc3N(c3ccc4c(c3)[Si]3(c5ccccc5-c5ccccc53)c3ccccc3-4)c3ccccc32)cc1. The van der Waals surface area contributed by atoms with E-state index in [0.29, 0.717) is 0 Å². The lowest BCUT2D eigenvalue weighted by atomic mass is 9.64. The van der Waals surface area contributed by atoms with Gasteiger partial charge < -0.3 is 4.90 Å². The van der Waals surface area contributed by atoms with Gasteiger partial charge in [-0.2, -0.15) is 0 Å². The highest BCUT2D eigenvalue weighted by Gasteiger charge is 2.55. The second-order valence-corrected chi connectivity index (χ2v) is 19.6. The largest absolute Gasteiger partial charge is 0.310 e. The Kier molecular flexibility index (Phi) is 6.18. The van der Waals surface area contributed by atoms with Crippen molar-refractivity contribution in [3.05, 3.63) is 235 Å². The number of rotatable bonds is 2. The fraction of sp³-hybridized carbons (Fsp3) is 0.0182. The second-order valence-electron chi connectivity index (χ2n) is 15.9. The number of anilines is 3. The van der Waals surface area contributed by atoms with E-state index in [2.05, 4.69) is 217 Å². The van der Waals surface area contributed by atoms with Crippen LogP contribution in [-0.2, 0) is 5.41 Å². The van der Waals surface area contributed by atoms with E-state index in [0.717, 1.165) is 0 Å². The summed E-state index contributed by atoms with van der Waals surface area (Å²) >= 11 is 0. The first-order chi connectivity index (χ1) is 28.3. The van der Waals surface area contributed by atoms with E-state index in [-0.39, 0.29) is 0 Å². The smallest absolute Gasteiger partial charge is 0.182 e. The molecular formula is C55H35NSi. The third kappa shape index (κ3) is 3.79. The molecule has 1 aliphatic carbocycles. The van der Waals surface area contributed by atoms with Gasteiger partial charge >= 0.3 is 0 Å². The van der Waals surface area contributed by atoms with Gasteiger partial charge in [0.15, 0.2) is 8.07 Å². The first-order valence-electron chi connectivity index (χ1n) is 20.0. The van der Waals surface area contributed by atoms with E-state index in [1.807, 2.05) is 0 Å². The molecule has 0 N–H and O–H groups in total. The molecule has 0 saturated carbocycles. The summed E-state index contributed by atoms with van der Waals surface area (Å²) in [6, 6.07) is 80.6. The van der Waals surface area contributed by atoms with Gasteiger partial charge in [0.2, 0.25) is 0 Å². The Balaban J connectivity index is 1.09. The molecule has 3 heterocycles. The van der Waals surface area contributed by atoms with Crippen molar-refractivity contribution in [3.8, 4) is 44.5 Å². The van der Waals surface area contributed by atoms with Gasteiger partial charge in [-0.3, -0.25) is 0 Å². The van der Waals surface area contributed by atoms with E-state index < -0.39 is 13.5 Å². The third-order valence-electron chi connectivity index (χ3n) is 13.5. The molecule has 0 saturated heterocycles. The van der Waals surface area contributed by atoms with E-state index in [4.69, 9.17) is 0 Å². The molecule has 0 bridgehead atoms. The topological polar surface area (TPSA) is 3.24 Å². The molecule has 0 amide bonds. The van der Waals surface area contributed by atoms with Crippen molar-refractivity contribution in [1.82, 2.24) is 0 Å². The molecule has 3 aliphatic heterocycles. The average Bonchev–Trinajstić information content (AvgIpc) is 3.87. The highest BCUT2D eigenvalue weighted by Crippen LogP contribution is 2.63. The zero-order chi connectivity index (χ0) is 37.3. The zero-order valence-electron chi connectivity index (χ0n) is 31.2. The normalized spacial score (nSPS) is 14.9. The van der Waals surface area contributed by atoms with Crippen molar-refractivity contribution in [2.45, 2.75) is 5.41 Å². The van der Waals surface area contributed by atoms with Gasteiger partial charge in [0.05, 0.1) is 16.8 Å². The summed E-state index contributed by atoms with van der Waals surface area (Å²) in [6.07, 6.45) is 0. The van der Waals surface area contributed by atoms with Gasteiger partial charge in [0, 0.05) is 5.69 Å². The first-order valence-corrected chi connectivity index (χ1v) is 22.0. The lowest BCUT2D eigenvalue weighted by Crippen LogP contribution is -2.70. The third-order valence-corrected chi connectivity index (χ3v) is 18.4. The summed E-state index contributed by atoms with van der Waals surface area (Å²) in [7, 11) is -2.62. The maximum absolute atomic E-state index is 2.62. The number of benzene rings is 9. The molecule has 13 rings (SSSR count). The Hall–Kier alpha value is -7.00. The molecule has 0 fully saturated rings. The molecule has 0 radical (unpaired) electrons. The van der Waals surface area contributed by atoms with Crippen LogP contribution < -0.4 is 25.6 Å². The van der Waals surface area contributed by atoms with Gasteiger partial charge in [-0.15, -0.1) is 0 Å². The minimum atomic E-state index is -2.62. The highest BCUT2D eigenvalue weighted by molar-refractivity contribution is 7.24. The molecule has 4 aliphatic rings. The molecule has 0 unspecified atom stereocenters. The predicted molar refractivity (Wildman–Crippen MR) is 239 cm³/mol. The van der Waals surface area contributed by atoms with E-state index >= 15 is 0 Å². The van der Waals surface area contributed by atoms with Crippen LogP contribution in [0.1, 0.15) is 22.3 Å². The van der Waals surface area contributed by atoms with Crippen molar-refractivity contribution < 1.29 is 0 Å². The van der Waals surface area contributed by atoms with Crippen molar-refractivity contribution in [2.75, 3.05) is 4.90 Å². The second kappa shape index (κ2) is 11.3. The molecule has 0 aromatic heterocycles. The Bertz CT molecular complexity index is 3050. The average molecular weight is 738 g/mol. The Morgan fingerprint density at radius 2 is 0.754 bits per heavy atom. The highest BCUT2D eigenvalue weighted by atomic mass is 28.3. The summed E-state index contributed by atoms with van der Waals surface area (Å²) in [6.45, 7) is 0. The zero-order valence-corrected chi connectivity index (χ0v) is 32.2. The van der Waals surface area contributed by atoms with E-state index in [1.165, 1.54) is 105 Å². The maximum atomic E-state index is 2.58. The Morgan fingerprint density at radius 1 is 0.298 bits per heavy atom. The van der Waals surface area contributed by atoms with E-state index in [9.17, 15) is 0 Å². The van der Waals surface area contributed by atoms with Crippen LogP contribution in [0.25, 0.3) is 44.5 Å². The summed E-state index contributed by atoms with van der Waals surface area (Å²) < 4.78 is 0. The van der Waals surface area contributed by atoms with Crippen LogP contribution in [0.4, 0.5) is 17.1 Å². The van der Waals surface area contributed by atoms with Gasteiger partial charge in [-0.05, 0) is 118 Å². The van der Waals surface area contributed by atoms with Crippen LogP contribution in [0.2, 0.25) is 0 Å². The van der Waals surface area contributed by atoms with Crippen LogP contribution in [0.5, 0.6) is 0 Å². The summed E-state index contributed by atoms with van der Waals surface area (Å²) in [4.78, 5) is 2.57. The number of fused-ring (bicyclic) bond motifs is 19. The van der Waals surface area contributed by atoms with Gasteiger partial charge in [-0.25, -0.2) is 0 Å². The minimum Gasteiger partial charge on any atom is -0.310 e. The molecule has 57 heavy (non-hydrogen) atoms. The van der Waals surface area contributed by atoms with Crippen LogP contribution >= 0.6 is 0 Å². The molecule has 2 heteroatoms. The monoisotopic (exact) mass is 737 g/mol. The van der Waals surface area contributed by atoms with Crippen molar-refractivity contribution in [1.29, 1.82) is 0 Å². The van der Waals surface area contributed by atoms with Crippen molar-refractivity contribution in [2.24, 2.45) is 0 Å². The van der Waals surface area contributed by atoms with Crippen molar-refractivity contribution >= 4 is 45.9 Å². The molecule has 9 aromatic carbocycles. The molecular weight excluding hydrogens is 703 g/mol. The van der Waals surface area contributed by atoms with Gasteiger partial charge in [-0.1, -0.05) is 182 Å². The van der Waals surface area contributed by atoms with Gasteiger partial charge in [0.25, 0.3) is 0 Å². The minimum absolute atomic E-state index is 0.493. The Morgan fingerprint density at radius 3 is 1.37 bits per heavy atom. The number of nitrogens with zero attached hydrogens (tertiary/aromatic N) is 1. The van der Waals surface area contributed by atoms with E-state index in [1.54, 1.807) is 0 Å². The quantitative estimate of drug-likeness (QED) is 0.160. The summed E-state index contributed by atoms with van der Waals surface area (Å²) in [5.41, 5.74) is 19.1. The predicted octanol–water partition coefficient (Wildman–Crippen LogP) is 10.8. The molecule has 1 nitrogen and oxygen atoms in total. The van der Waals surface area contributed by atoms with Crippen LogP contribution in [0.3, 0.4) is 0 Å². The van der Waals surface area contributed by atoms with Gasteiger partial charge in [0.1, 0.15) is 0 Å². The summed E-state index contributed by atoms with van der Waals surface area (Å²) in [5.74, 6) is 0. The molecule has 0 atom stereocenters. The fourth-order valence-corrected chi connectivity index (χ4v) is 17.0. The first kappa shape index (κ1) is 31.2. The number of hydrogen-bond acceptors (Lipinski definition) is 1. The fourth-order valence-electron chi connectivity index (χ4n) is 11.4. The lowest BCUT2D eigenvalue weighted by molar-refractivity contribution is 0.753.